The first-order valence-electron chi connectivity index (χ1n) is 8.43. The van der Waals surface area contributed by atoms with Crippen LogP contribution in [-0.2, 0) is 0 Å². The monoisotopic (exact) mass is 315 g/mol. The van der Waals surface area contributed by atoms with Crippen LogP contribution in [0.4, 0.5) is 4.39 Å². The minimum absolute atomic E-state index is 0.00315. The fraction of sp³-hybridized carbons (Fsp3) is 0.500. The Morgan fingerprint density at radius 1 is 1.22 bits per heavy atom. The number of aromatic nitrogens is 1. The molecule has 1 N–H and O–H groups in total. The highest BCUT2D eigenvalue weighted by Gasteiger charge is 2.38. The number of halogens is 1. The van der Waals surface area contributed by atoms with E-state index in [1.165, 1.54) is 12.5 Å². The zero-order chi connectivity index (χ0) is 16.0. The van der Waals surface area contributed by atoms with Crippen LogP contribution >= 0.6 is 0 Å². The Balaban J connectivity index is 1.63. The number of likely N-dealkylation sites (tertiary alicyclic amines) is 2. The Morgan fingerprint density at radius 2 is 2.00 bits per heavy atom. The van der Waals surface area contributed by atoms with Crippen molar-refractivity contribution in [3.8, 4) is 0 Å². The number of H-pyrrole nitrogens is 1. The Hall–Kier alpha value is -1.88. The number of aromatic amines is 1. The summed E-state index contributed by atoms with van der Waals surface area (Å²) in [7, 11) is 2.15. The maximum absolute atomic E-state index is 13.9. The van der Waals surface area contributed by atoms with Gasteiger partial charge in [-0.05, 0) is 57.5 Å². The molecule has 2 aliphatic heterocycles. The maximum atomic E-state index is 13.9. The first-order valence-corrected chi connectivity index (χ1v) is 8.43. The van der Waals surface area contributed by atoms with Gasteiger partial charge in [0.15, 0.2) is 0 Å². The van der Waals surface area contributed by atoms with Gasteiger partial charge in [-0.3, -0.25) is 4.79 Å². The number of likely N-dealkylation sites (N-methyl/N-ethyl adjacent to an activating group) is 1. The van der Waals surface area contributed by atoms with Crippen LogP contribution in [0.5, 0.6) is 0 Å². The number of nitrogens with zero attached hydrogens (tertiary/aromatic N) is 2. The number of benzene rings is 1. The van der Waals surface area contributed by atoms with E-state index in [-0.39, 0.29) is 17.8 Å². The van der Waals surface area contributed by atoms with Crippen molar-refractivity contribution in [2.75, 3.05) is 20.1 Å². The molecule has 122 valence electrons. The molecule has 2 saturated heterocycles. The molecule has 2 aliphatic rings. The molecular formula is C18H22FN3O. The van der Waals surface area contributed by atoms with E-state index in [2.05, 4.69) is 16.9 Å². The molecule has 1 aromatic carbocycles. The molecule has 2 fully saturated rings. The van der Waals surface area contributed by atoms with Crippen molar-refractivity contribution in [1.82, 2.24) is 14.8 Å². The van der Waals surface area contributed by atoms with Crippen LogP contribution in [0.25, 0.3) is 10.9 Å². The second-order valence-electron chi connectivity index (χ2n) is 6.78. The van der Waals surface area contributed by atoms with Gasteiger partial charge < -0.3 is 14.8 Å². The molecule has 3 heterocycles. The van der Waals surface area contributed by atoms with Crippen LogP contribution in [0.3, 0.4) is 0 Å². The van der Waals surface area contributed by atoms with Gasteiger partial charge in [0.2, 0.25) is 0 Å². The fourth-order valence-corrected chi connectivity index (χ4v) is 4.26. The van der Waals surface area contributed by atoms with Gasteiger partial charge in [0.05, 0.1) is 0 Å². The van der Waals surface area contributed by atoms with Gasteiger partial charge in [-0.15, -0.1) is 0 Å². The number of amides is 1. The Labute approximate surface area is 135 Å². The SMILES string of the molecule is CN1CCC[C@H]1[C@@H]1CCCN1C(=O)c1cc2c(F)cccc2[nH]1. The average molecular weight is 315 g/mol. The number of carbonyl (C=O) groups excluding carboxylic acids is 1. The van der Waals surface area contributed by atoms with Gasteiger partial charge in [0, 0.05) is 29.5 Å². The van der Waals surface area contributed by atoms with Crippen LogP contribution in [0, 0.1) is 5.82 Å². The maximum Gasteiger partial charge on any atom is 0.270 e. The van der Waals surface area contributed by atoms with Crippen LogP contribution in [0.1, 0.15) is 36.2 Å². The van der Waals surface area contributed by atoms with Crippen molar-refractivity contribution in [2.45, 2.75) is 37.8 Å². The van der Waals surface area contributed by atoms with Crippen molar-refractivity contribution in [3.05, 3.63) is 35.8 Å². The largest absolute Gasteiger partial charge is 0.350 e. The molecule has 4 rings (SSSR count). The smallest absolute Gasteiger partial charge is 0.270 e. The molecule has 23 heavy (non-hydrogen) atoms. The van der Waals surface area contributed by atoms with E-state index in [9.17, 15) is 9.18 Å². The molecule has 0 radical (unpaired) electrons. The molecule has 0 aliphatic carbocycles. The van der Waals surface area contributed by atoms with E-state index in [1.54, 1.807) is 18.2 Å². The summed E-state index contributed by atoms with van der Waals surface area (Å²) >= 11 is 0. The lowest BCUT2D eigenvalue weighted by atomic mass is 10.0. The number of nitrogens with one attached hydrogen (secondary N) is 1. The number of hydrogen-bond donors (Lipinski definition) is 1. The number of carbonyl (C=O) groups is 1. The Kier molecular flexibility index (Phi) is 3.60. The predicted molar refractivity (Wildman–Crippen MR) is 88.0 cm³/mol. The highest BCUT2D eigenvalue weighted by molar-refractivity contribution is 5.98. The second-order valence-corrected chi connectivity index (χ2v) is 6.78. The van der Waals surface area contributed by atoms with Crippen molar-refractivity contribution < 1.29 is 9.18 Å². The lowest BCUT2D eigenvalue weighted by molar-refractivity contribution is 0.0659. The van der Waals surface area contributed by atoms with Crippen LogP contribution in [0.15, 0.2) is 24.3 Å². The summed E-state index contributed by atoms with van der Waals surface area (Å²) in [4.78, 5) is 20.4. The highest BCUT2D eigenvalue weighted by Crippen LogP contribution is 2.30. The quantitative estimate of drug-likeness (QED) is 0.925. The third-order valence-corrected chi connectivity index (χ3v) is 5.42. The van der Waals surface area contributed by atoms with Crippen LogP contribution < -0.4 is 0 Å². The van der Waals surface area contributed by atoms with E-state index in [1.807, 2.05) is 4.90 Å². The first kappa shape index (κ1) is 14.7. The van der Waals surface area contributed by atoms with Crippen molar-refractivity contribution >= 4 is 16.8 Å². The van der Waals surface area contributed by atoms with E-state index in [4.69, 9.17) is 0 Å². The van der Waals surface area contributed by atoms with Crippen molar-refractivity contribution in [2.24, 2.45) is 0 Å². The Bertz CT molecular complexity index is 741. The van der Waals surface area contributed by atoms with E-state index in [0.717, 1.165) is 32.4 Å². The number of hydrogen-bond acceptors (Lipinski definition) is 2. The predicted octanol–water partition coefficient (Wildman–Crippen LogP) is 3.01. The zero-order valence-corrected chi connectivity index (χ0v) is 13.4. The molecule has 0 bridgehead atoms. The Morgan fingerprint density at radius 3 is 2.74 bits per heavy atom. The molecule has 1 amide bonds. The topological polar surface area (TPSA) is 39.3 Å². The third kappa shape index (κ3) is 2.43. The van der Waals surface area contributed by atoms with Gasteiger partial charge in [-0.25, -0.2) is 4.39 Å². The van der Waals surface area contributed by atoms with E-state index >= 15 is 0 Å². The lowest BCUT2D eigenvalue weighted by Gasteiger charge is -2.33. The summed E-state index contributed by atoms with van der Waals surface area (Å²) in [5.41, 5.74) is 1.18. The fourth-order valence-electron chi connectivity index (χ4n) is 4.26. The third-order valence-electron chi connectivity index (χ3n) is 5.42. The summed E-state index contributed by atoms with van der Waals surface area (Å²) in [6, 6.07) is 7.29. The molecule has 0 spiro atoms. The van der Waals surface area contributed by atoms with E-state index in [0.29, 0.717) is 22.6 Å². The van der Waals surface area contributed by atoms with Gasteiger partial charge in [-0.2, -0.15) is 0 Å². The minimum atomic E-state index is -0.286. The summed E-state index contributed by atoms with van der Waals surface area (Å²) in [6.07, 6.45) is 4.48. The average Bonchev–Trinajstić information content (AvgIpc) is 3.24. The molecule has 4 nitrogen and oxygen atoms in total. The molecule has 0 unspecified atom stereocenters. The lowest BCUT2D eigenvalue weighted by Crippen LogP contribution is -2.47. The van der Waals surface area contributed by atoms with Gasteiger partial charge in [0.1, 0.15) is 11.5 Å². The van der Waals surface area contributed by atoms with E-state index < -0.39 is 0 Å². The summed E-state index contributed by atoms with van der Waals surface area (Å²) < 4.78 is 13.9. The minimum Gasteiger partial charge on any atom is -0.350 e. The first-order chi connectivity index (χ1) is 11.1. The number of rotatable bonds is 2. The van der Waals surface area contributed by atoms with Gasteiger partial charge in [0.25, 0.3) is 5.91 Å². The molecule has 1 aromatic heterocycles. The molecule has 2 atom stereocenters. The zero-order valence-electron chi connectivity index (χ0n) is 13.4. The number of fused-ring (bicyclic) bond motifs is 1. The highest BCUT2D eigenvalue weighted by atomic mass is 19.1. The van der Waals surface area contributed by atoms with Crippen molar-refractivity contribution in [3.63, 3.8) is 0 Å². The van der Waals surface area contributed by atoms with Crippen LogP contribution in [-0.4, -0.2) is 52.9 Å². The van der Waals surface area contributed by atoms with Crippen molar-refractivity contribution in [1.29, 1.82) is 0 Å². The standard InChI is InChI=1S/C18H22FN3O/c1-21-9-3-7-16(21)17-8-4-10-22(17)18(23)15-11-12-13(19)5-2-6-14(12)20-15/h2,5-6,11,16-17,20H,3-4,7-10H2,1H3/t16-,17-/m0/s1. The van der Waals surface area contributed by atoms with Gasteiger partial charge >= 0.3 is 0 Å². The molecular weight excluding hydrogens is 293 g/mol. The summed E-state index contributed by atoms with van der Waals surface area (Å²) in [5.74, 6) is -0.283. The molecule has 0 saturated carbocycles. The second kappa shape index (κ2) is 5.64. The molecule has 5 heteroatoms. The normalized spacial score (nSPS) is 25.6. The van der Waals surface area contributed by atoms with Crippen LogP contribution in [0.2, 0.25) is 0 Å². The molecule has 2 aromatic rings. The van der Waals surface area contributed by atoms with Gasteiger partial charge in [-0.1, -0.05) is 6.07 Å². The summed E-state index contributed by atoms with van der Waals surface area (Å²) in [5, 5.41) is 0.490. The summed E-state index contributed by atoms with van der Waals surface area (Å²) in [6.45, 7) is 1.91.